The molecule has 1 aromatic carbocycles. The first-order valence-electron chi connectivity index (χ1n) is 6.04. The van der Waals surface area contributed by atoms with Crippen molar-refractivity contribution >= 4 is 0 Å². The van der Waals surface area contributed by atoms with Gasteiger partial charge in [0, 0.05) is 6.54 Å². The lowest BCUT2D eigenvalue weighted by Crippen LogP contribution is -2.04. The zero-order valence-electron chi connectivity index (χ0n) is 10.8. The smallest absolute Gasteiger partial charge is 0.130 e. The van der Waals surface area contributed by atoms with Gasteiger partial charge in [-0.15, -0.1) is 0 Å². The Labute approximate surface area is 108 Å². The molecule has 2 rings (SSSR count). The first-order valence-corrected chi connectivity index (χ1v) is 6.04. The van der Waals surface area contributed by atoms with E-state index in [1.54, 1.807) is 0 Å². The molecule has 0 saturated carbocycles. The predicted octanol–water partition coefficient (Wildman–Crippen LogP) is 2.74. The van der Waals surface area contributed by atoms with Gasteiger partial charge < -0.3 is 10.5 Å². The SMILES string of the molecule is Cc1ccc(OCc2cccc(CN)n2)c(C)c1. The van der Waals surface area contributed by atoms with Crippen molar-refractivity contribution in [2.75, 3.05) is 0 Å². The molecule has 1 aromatic heterocycles. The molecule has 0 aliphatic heterocycles. The topological polar surface area (TPSA) is 48.1 Å². The lowest BCUT2D eigenvalue weighted by atomic mass is 10.1. The lowest BCUT2D eigenvalue weighted by molar-refractivity contribution is 0.299. The summed E-state index contributed by atoms with van der Waals surface area (Å²) >= 11 is 0. The zero-order valence-corrected chi connectivity index (χ0v) is 10.8. The van der Waals surface area contributed by atoms with Gasteiger partial charge in [0.05, 0.1) is 11.4 Å². The average molecular weight is 242 g/mol. The number of aryl methyl sites for hydroxylation is 2. The summed E-state index contributed by atoms with van der Waals surface area (Å²) in [6.07, 6.45) is 0. The first kappa shape index (κ1) is 12.6. The number of rotatable bonds is 4. The molecule has 1 heterocycles. The molecule has 3 nitrogen and oxygen atoms in total. The van der Waals surface area contributed by atoms with E-state index in [-0.39, 0.29) is 0 Å². The molecule has 2 aromatic rings. The fourth-order valence-corrected chi connectivity index (χ4v) is 1.84. The molecule has 0 amide bonds. The quantitative estimate of drug-likeness (QED) is 0.896. The Bertz CT molecular complexity index is 538. The van der Waals surface area contributed by atoms with Crippen molar-refractivity contribution in [2.45, 2.75) is 27.0 Å². The predicted molar refractivity (Wildman–Crippen MR) is 72.4 cm³/mol. The second-order valence-electron chi connectivity index (χ2n) is 4.38. The van der Waals surface area contributed by atoms with Crippen molar-refractivity contribution in [3.05, 3.63) is 58.9 Å². The number of hydrogen-bond acceptors (Lipinski definition) is 3. The third kappa shape index (κ3) is 3.08. The first-order chi connectivity index (χ1) is 8.69. The Morgan fingerprint density at radius 3 is 2.61 bits per heavy atom. The molecule has 0 aliphatic rings. The van der Waals surface area contributed by atoms with Gasteiger partial charge >= 0.3 is 0 Å². The number of hydrogen-bond donors (Lipinski definition) is 1. The van der Waals surface area contributed by atoms with E-state index in [0.29, 0.717) is 13.2 Å². The summed E-state index contributed by atoms with van der Waals surface area (Å²) in [5, 5.41) is 0. The lowest BCUT2D eigenvalue weighted by Gasteiger charge is -2.09. The summed E-state index contributed by atoms with van der Waals surface area (Å²) in [6, 6.07) is 12.0. The van der Waals surface area contributed by atoms with Gasteiger partial charge in [0.25, 0.3) is 0 Å². The minimum absolute atomic E-state index is 0.456. The molecule has 0 radical (unpaired) electrons. The van der Waals surface area contributed by atoms with E-state index >= 15 is 0 Å². The second kappa shape index (κ2) is 5.65. The largest absolute Gasteiger partial charge is 0.487 e. The van der Waals surface area contributed by atoms with Crippen molar-refractivity contribution in [1.82, 2.24) is 4.98 Å². The third-order valence-corrected chi connectivity index (χ3v) is 2.78. The molecule has 0 aliphatic carbocycles. The van der Waals surface area contributed by atoms with E-state index in [9.17, 15) is 0 Å². The monoisotopic (exact) mass is 242 g/mol. The zero-order chi connectivity index (χ0) is 13.0. The fourth-order valence-electron chi connectivity index (χ4n) is 1.84. The van der Waals surface area contributed by atoms with Gasteiger partial charge in [0.15, 0.2) is 0 Å². The Morgan fingerprint density at radius 1 is 1.11 bits per heavy atom. The number of nitrogens with two attached hydrogens (primary N) is 1. The van der Waals surface area contributed by atoms with Crippen LogP contribution in [0.15, 0.2) is 36.4 Å². The van der Waals surface area contributed by atoms with Gasteiger partial charge in [-0.2, -0.15) is 0 Å². The standard InChI is InChI=1S/C15H18N2O/c1-11-6-7-15(12(2)8-11)18-10-14-5-3-4-13(9-16)17-14/h3-8H,9-10,16H2,1-2H3. The summed E-state index contributed by atoms with van der Waals surface area (Å²) in [5.74, 6) is 0.903. The maximum absolute atomic E-state index is 5.77. The Kier molecular flexibility index (Phi) is 3.95. The average Bonchev–Trinajstić information content (AvgIpc) is 2.38. The van der Waals surface area contributed by atoms with Gasteiger partial charge in [0.1, 0.15) is 12.4 Å². The van der Waals surface area contributed by atoms with Crippen LogP contribution < -0.4 is 10.5 Å². The Morgan fingerprint density at radius 2 is 1.89 bits per heavy atom. The Balaban J connectivity index is 2.06. The Hall–Kier alpha value is -1.87. The molecule has 94 valence electrons. The van der Waals surface area contributed by atoms with Crippen LogP contribution in [0.3, 0.4) is 0 Å². The fraction of sp³-hybridized carbons (Fsp3) is 0.267. The molecule has 0 fully saturated rings. The highest BCUT2D eigenvalue weighted by Gasteiger charge is 2.02. The van der Waals surface area contributed by atoms with Gasteiger partial charge in [-0.1, -0.05) is 23.8 Å². The summed E-state index contributed by atoms with van der Waals surface area (Å²) in [4.78, 5) is 4.40. The molecule has 3 heteroatoms. The number of aromatic nitrogens is 1. The van der Waals surface area contributed by atoms with Crippen LogP contribution in [0.5, 0.6) is 5.75 Å². The maximum atomic E-state index is 5.77. The highest BCUT2D eigenvalue weighted by atomic mass is 16.5. The van der Waals surface area contributed by atoms with Gasteiger partial charge in [-0.05, 0) is 37.6 Å². The number of pyridine rings is 1. The van der Waals surface area contributed by atoms with Crippen LogP contribution in [0, 0.1) is 13.8 Å². The molecular weight excluding hydrogens is 224 g/mol. The van der Waals surface area contributed by atoms with Crippen molar-refractivity contribution in [3.63, 3.8) is 0 Å². The van der Waals surface area contributed by atoms with Gasteiger partial charge in [-0.25, -0.2) is 0 Å². The van der Waals surface area contributed by atoms with E-state index in [0.717, 1.165) is 22.7 Å². The number of benzene rings is 1. The van der Waals surface area contributed by atoms with E-state index in [1.165, 1.54) is 5.56 Å². The van der Waals surface area contributed by atoms with E-state index in [4.69, 9.17) is 10.5 Å². The molecule has 0 unspecified atom stereocenters. The summed E-state index contributed by atoms with van der Waals surface area (Å²) in [5.41, 5.74) is 9.73. The maximum Gasteiger partial charge on any atom is 0.130 e. The van der Waals surface area contributed by atoms with E-state index in [2.05, 4.69) is 18.0 Å². The second-order valence-corrected chi connectivity index (χ2v) is 4.38. The molecule has 2 N–H and O–H groups in total. The van der Waals surface area contributed by atoms with Crippen LogP contribution in [0.4, 0.5) is 0 Å². The van der Waals surface area contributed by atoms with Crippen molar-refractivity contribution in [1.29, 1.82) is 0 Å². The van der Waals surface area contributed by atoms with Crippen LogP contribution in [0.2, 0.25) is 0 Å². The summed E-state index contributed by atoms with van der Waals surface area (Å²) < 4.78 is 5.77. The van der Waals surface area contributed by atoms with Crippen molar-refractivity contribution in [3.8, 4) is 5.75 Å². The number of nitrogens with zero attached hydrogens (tertiary/aromatic N) is 1. The van der Waals surface area contributed by atoms with Crippen LogP contribution >= 0.6 is 0 Å². The van der Waals surface area contributed by atoms with E-state index in [1.807, 2.05) is 37.3 Å². The third-order valence-electron chi connectivity index (χ3n) is 2.78. The van der Waals surface area contributed by atoms with E-state index < -0.39 is 0 Å². The van der Waals surface area contributed by atoms with Gasteiger partial charge in [0.2, 0.25) is 0 Å². The normalized spacial score (nSPS) is 10.4. The molecule has 18 heavy (non-hydrogen) atoms. The molecule has 0 bridgehead atoms. The van der Waals surface area contributed by atoms with Crippen molar-refractivity contribution in [2.24, 2.45) is 5.73 Å². The molecule has 0 saturated heterocycles. The van der Waals surface area contributed by atoms with Crippen LogP contribution in [-0.2, 0) is 13.2 Å². The molecular formula is C15H18N2O. The highest BCUT2D eigenvalue weighted by molar-refractivity contribution is 5.35. The highest BCUT2D eigenvalue weighted by Crippen LogP contribution is 2.19. The summed E-state index contributed by atoms with van der Waals surface area (Å²) in [6.45, 7) is 5.05. The van der Waals surface area contributed by atoms with Crippen LogP contribution in [-0.4, -0.2) is 4.98 Å². The van der Waals surface area contributed by atoms with Crippen LogP contribution in [0.25, 0.3) is 0 Å². The number of ether oxygens (including phenoxy) is 1. The minimum atomic E-state index is 0.456. The van der Waals surface area contributed by atoms with Crippen molar-refractivity contribution < 1.29 is 4.74 Å². The van der Waals surface area contributed by atoms with Crippen LogP contribution in [0.1, 0.15) is 22.5 Å². The molecule has 0 atom stereocenters. The summed E-state index contributed by atoms with van der Waals surface area (Å²) in [7, 11) is 0. The minimum Gasteiger partial charge on any atom is -0.487 e. The van der Waals surface area contributed by atoms with Gasteiger partial charge in [-0.3, -0.25) is 4.98 Å². The molecule has 0 spiro atoms.